The van der Waals surface area contributed by atoms with Crippen molar-refractivity contribution in [3.8, 4) is 0 Å². The van der Waals surface area contributed by atoms with Crippen LogP contribution in [0.15, 0.2) is 30.3 Å². The van der Waals surface area contributed by atoms with Crippen LogP contribution < -0.4 is 0 Å². The SMILES string of the molecule is O=C(O)N1CCC(=O)N(C(=O)c2ccccc2)C1. The number of imide groups is 1. The summed E-state index contributed by atoms with van der Waals surface area (Å²) < 4.78 is 0. The van der Waals surface area contributed by atoms with E-state index in [0.29, 0.717) is 5.56 Å². The third-order valence-corrected chi connectivity index (χ3v) is 2.75. The maximum Gasteiger partial charge on any atom is 0.408 e. The van der Waals surface area contributed by atoms with E-state index in [-0.39, 0.29) is 25.5 Å². The highest BCUT2D eigenvalue weighted by Gasteiger charge is 2.31. The summed E-state index contributed by atoms with van der Waals surface area (Å²) in [5, 5.41) is 8.87. The summed E-state index contributed by atoms with van der Waals surface area (Å²) in [7, 11) is 0. The van der Waals surface area contributed by atoms with Crippen molar-refractivity contribution >= 4 is 17.9 Å². The summed E-state index contributed by atoms with van der Waals surface area (Å²) in [4.78, 5) is 36.6. The Bertz CT molecular complexity index is 486. The molecule has 1 aliphatic heterocycles. The molecule has 0 bridgehead atoms. The van der Waals surface area contributed by atoms with Crippen LogP contribution in [0.25, 0.3) is 0 Å². The molecule has 18 heavy (non-hydrogen) atoms. The molecule has 94 valence electrons. The molecule has 1 fully saturated rings. The molecule has 0 atom stereocenters. The van der Waals surface area contributed by atoms with E-state index in [0.717, 1.165) is 9.80 Å². The quantitative estimate of drug-likeness (QED) is 0.752. The number of benzene rings is 1. The number of nitrogens with zero attached hydrogens (tertiary/aromatic N) is 2. The van der Waals surface area contributed by atoms with Crippen molar-refractivity contribution < 1.29 is 19.5 Å². The van der Waals surface area contributed by atoms with Gasteiger partial charge in [-0.25, -0.2) is 4.79 Å². The van der Waals surface area contributed by atoms with Gasteiger partial charge in [0.05, 0.1) is 0 Å². The maximum atomic E-state index is 12.1. The second kappa shape index (κ2) is 4.87. The topological polar surface area (TPSA) is 77.9 Å². The van der Waals surface area contributed by atoms with Crippen molar-refractivity contribution in [3.05, 3.63) is 35.9 Å². The first-order chi connectivity index (χ1) is 8.59. The average Bonchev–Trinajstić information content (AvgIpc) is 2.39. The molecular weight excluding hydrogens is 236 g/mol. The van der Waals surface area contributed by atoms with E-state index in [2.05, 4.69) is 0 Å². The van der Waals surface area contributed by atoms with Crippen LogP contribution in [0.1, 0.15) is 16.8 Å². The van der Waals surface area contributed by atoms with Crippen LogP contribution >= 0.6 is 0 Å². The number of hydrogen-bond acceptors (Lipinski definition) is 3. The normalized spacial score (nSPS) is 15.7. The first-order valence-electron chi connectivity index (χ1n) is 5.47. The minimum Gasteiger partial charge on any atom is -0.465 e. The van der Waals surface area contributed by atoms with Crippen LogP contribution in [0.4, 0.5) is 4.79 Å². The van der Waals surface area contributed by atoms with E-state index in [1.54, 1.807) is 30.3 Å². The lowest BCUT2D eigenvalue weighted by Gasteiger charge is -2.32. The minimum atomic E-state index is -1.13. The van der Waals surface area contributed by atoms with Gasteiger partial charge < -0.3 is 5.11 Å². The van der Waals surface area contributed by atoms with Crippen LogP contribution in [0.5, 0.6) is 0 Å². The molecule has 0 radical (unpaired) electrons. The Kier molecular flexibility index (Phi) is 3.27. The number of carbonyl (C=O) groups excluding carboxylic acids is 2. The van der Waals surface area contributed by atoms with Crippen LogP contribution in [0, 0.1) is 0 Å². The first kappa shape index (κ1) is 12.1. The van der Waals surface area contributed by atoms with Gasteiger partial charge in [-0.05, 0) is 12.1 Å². The third kappa shape index (κ3) is 2.32. The standard InChI is InChI=1S/C12H12N2O4/c15-10-6-7-13(12(17)18)8-14(10)11(16)9-4-2-1-3-5-9/h1-5H,6-8H2,(H,17,18). The van der Waals surface area contributed by atoms with Crippen molar-refractivity contribution in [1.29, 1.82) is 0 Å². The highest BCUT2D eigenvalue weighted by Crippen LogP contribution is 2.12. The van der Waals surface area contributed by atoms with Gasteiger partial charge in [-0.15, -0.1) is 0 Å². The van der Waals surface area contributed by atoms with Crippen molar-refractivity contribution in [1.82, 2.24) is 9.80 Å². The molecule has 0 spiro atoms. The summed E-state index contributed by atoms with van der Waals surface area (Å²) in [5.74, 6) is -0.812. The minimum absolute atomic E-state index is 0.0326. The van der Waals surface area contributed by atoms with Crippen LogP contribution in [-0.2, 0) is 4.79 Å². The van der Waals surface area contributed by atoms with Gasteiger partial charge in [0.1, 0.15) is 6.67 Å². The van der Waals surface area contributed by atoms with Crippen molar-refractivity contribution in [2.24, 2.45) is 0 Å². The largest absolute Gasteiger partial charge is 0.465 e. The summed E-state index contributed by atoms with van der Waals surface area (Å²) in [6.07, 6.45) is -1.10. The molecular formula is C12H12N2O4. The molecule has 3 amide bonds. The summed E-state index contributed by atoms with van der Waals surface area (Å²) in [6, 6.07) is 8.33. The lowest BCUT2D eigenvalue weighted by molar-refractivity contribution is -0.133. The fraction of sp³-hybridized carbons (Fsp3) is 0.250. The predicted octanol–water partition coefficient (Wildman–Crippen LogP) is 0.997. The van der Waals surface area contributed by atoms with E-state index in [1.165, 1.54) is 0 Å². The van der Waals surface area contributed by atoms with Gasteiger partial charge in [0.2, 0.25) is 5.91 Å². The highest BCUT2D eigenvalue weighted by atomic mass is 16.4. The molecule has 0 aromatic heterocycles. The zero-order chi connectivity index (χ0) is 13.1. The van der Waals surface area contributed by atoms with E-state index < -0.39 is 12.0 Å². The molecule has 1 N–H and O–H groups in total. The fourth-order valence-electron chi connectivity index (χ4n) is 1.76. The molecule has 0 saturated carbocycles. The summed E-state index contributed by atoms with van der Waals surface area (Å²) >= 11 is 0. The highest BCUT2D eigenvalue weighted by molar-refractivity contribution is 6.05. The zero-order valence-corrected chi connectivity index (χ0v) is 9.57. The van der Waals surface area contributed by atoms with Gasteiger partial charge in [-0.1, -0.05) is 18.2 Å². The van der Waals surface area contributed by atoms with E-state index in [1.807, 2.05) is 0 Å². The van der Waals surface area contributed by atoms with E-state index >= 15 is 0 Å². The molecule has 6 nitrogen and oxygen atoms in total. The Hall–Kier alpha value is -2.37. The van der Waals surface area contributed by atoms with Crippen LogP contribution in [-0.4, -0.2) is 46.0 Å². The molecule has 1 aromatic carbocycles. The number of hydrogen-bond donors (Lipinski definition) is 1. The molecule has 2 rings (SSSR count). The fourth-order valence-corrected chi connectivity index (χ4v) is 1.76. The van der Waals surface area contributed by atoms with Crippen molar-refractivity contribution in [2.75, 3.05) is 13.2 Å². The van der Waals surface area contributed by atoms with Crippen LogP contribution in [0.3, 0.4) is 0 Å². The molecule has 6 heteroatoms. The number of carbonyl (C=O) groups is 3. The Labute approximate surface area is 103 Å². The Morgan fingerprint density at radius 3 is 2.44 bits per heavy atom. The smallest absolute Gasteiger partial charge is 0.408 e. The lowest BCUT2D eigenvalue weighted by atomic mass is 10.2. The monoisotopic (exact) mass is 248 g/mol. The Morgan fingerprint density at radius 2 is 1.83 bits per heavy atom. The number of carboxylic acid groups (broad SMARTS) is 1. The van der Waals surface area contributed by atoms with Gasteiger partial charge >= 0.3 is 6.09 Å². The molecule has 1 saturated heterocycles. The first-order valence-corrected chi connectivity index (χ1v) is 5.47. The van der Waals surface area contributed by atoms with Gasteiger partial charge in [0.15, 0.2) is 0 Å². The number of amides is 3. The van der Waals surface area contributed by atoms with Gasteiger partial charge in [-0.2, -0.15) is 0 Å². The molecule has 1 heterocycles. The molecule has 0 unspecified atom stereocenters. The average molecular weight is 248 g/mol. The van der Waals surface area contributed by atoms with Gasteiger partial charge in [0.25, 0.3) is 5.91 Å². The predicted molar refractivity (Wildman–Crippen MR) is 61.8 cm³/mol. The second-order valence-electron chi connectivity index (χ2n) is 3.93. The van der Waals surface area contributed by atoms with Crippen molar-refractivity contribution in [2.45, 2.75) is 6.42 Å². The van der Waals surface area contributed by atoms with E-state index in [9.17, 15) is 14.4 Å². The number of rotatable bonds is 1. The van der Waals surface area contributed by atoms with Gasteiger partial charge in [0, 0.05) is 18.5 Å². The third-order valence-electron chi connectivity index (χ3n) is 2.75. The second-order valence-corrected chi connectivity index (χ2v) is 3.93. The zero-order valence-electron chi connectivity index (χ0n) is 9.57. The molecule has 1 aromatic rings. The molecule has 1 aliphatic rings. The summed E-state index contributed by atoms with van der Waals surface area (Å²) in [6.45, 7) is -0.0748. The van der Waals surface area contributed by atoms with E-state index in [4.69, 9.17) is 5.11 Å². The Balaban J connectivity index is 2.18. The molecule has 0 aliphatic carbocycles. The Morgan fingerprint density at radius 1 is 1.17 bits per heavy atom. The van der Waals surface area contributed by atoms with Crippen LogP contribution in [0.2, 0.25) is 0 Å². The lowest BCUT2D eigenvalue weighted by Crippen LogP contribution is -2.52. The maximum absolute atomic E-state index is 12.1. The van der Waals surface area contributed by atoms with Gasteiger partial charge in [-0.3, -0.25) is 19.4 Å². The van der Waals surface area contributed by atoms with Crippen molar-refractivity contribution in [3.63, 3.8) is 0 Å². The summed E-state index contributed by atoms with van der Waals surface area (Å²) in [5.41, 5.74) is 0.373.